The van der Waals surface area contributed by atoms with Crippen LogP contribution in [0.2, 0.25) is 0 Å². The topological polar surface area (TPSA) is 38.3 Å². The van der Waals surface area contributed by atoms with Crippen LogP contribution in [0.15, 0.2) is 24.3 Å². The molecule has 1 rings (SSSR count). The molecule has 0 heterocycles. The molecule has 0 aliphatic heterocycles. The summed E-state index contributed by atoms with van der Waals surface area (Å²) in [5.41, 5.74) is 1.30. The fourth-order valence-corrected chi connectivity index (χ4v) is 2.23. The lowest BCUT2D eigenvalue weighted by molar-refractivity contribution is -0.120. The highest BCUT2D eigenvalue weighted by molar-refractivity contribution is 5.75. The van der Waals surface area contributed by atoms with E-state index in [2.05, 4.69) is 17.4 Å². The monoisotopic (exact) mass is 277 g/mol. The van der Waals surface area contributed by atoms with Gasteiger partial charge in [0.1, 0.15) is 5.75 Å². The molecular weight excluding hydrogens is 250 g/mol. The number of para-hydroxylation sites is 1. The lowest BCUT2D eigenvalue weighted by Gasteiger charge is -2.08. The SMILES string of the molecule is CCC(=O)NCCCCCCCc1ccccc1OC. The molecule has 20 heavy (non-hydrogen) atoms. The average Bonchev–Trinajstić information content (AvgIpc) is 2.49. The van der Waals surface area contributed by atoms with Crippen LogP contribution < -0.4 is 10.1 Å². The molecular formula is C17H27NO2. The molecule has 0 saturated carbocycles. The number of benzene rings is 1. The van der Waals surface area contributed by atoms with E-state index in [0.29, 0.717) is 6.42 Å². The molecule has 0 radical (unpaired) electrons. The van der Waals surface area contributed by atoms with Gasteiger partial charge >= 0.3 is 0 Å². The molecule has 0 spiro atoms. The Hall–Kier alpha value is -1.51. The molecule has 0 fully saturated rings. The van der Waals surface area contributed by atoms with Crippen molar-refractivity contribution in [2.75, 3.05) is 13.7 Å². The van der Waals surface area contributed by atoms with Crippen LogP contribution in [0.3, 0.4) is 0 Å². The first-order chi connectivity index (χ1) is 9.77. The Morgan fingerprint density at radius 2 is 1.80 bits per heavy atom. The summed E-state index contributed by atoms with van der Waals surface area (Å²) in [5.74, 6) is 1.15. The zero-order valence-corrected chi connectivity index (χ0v) is 12.8. The fraction of sp³-hybridized carbons (Fsp3) is 0.588. The maximum atomic E-state index is 11.0. The van der Waals surface area contributed by atoms with E-state index in [1.807, 2.05) is 19.1 Å². The van der Waals surface area contributed by atoms with Gasteiger partial charge in [0.2, 0.25) is 5.91 Å². The summed E-state index contributed by atoms with van der Waals surface area (Å²) in [7, 11) is 1.73. The van der Waals surface area contributed by atoms with Gasteiger partial charge in [0.05, 0.1) is 7.11 Å². The fourth-order valence-electron chi connectivity index (χ4n) is 2.23. The number of methoxy groups -OCH3 is 1. The molecule has 0 aliphatic rings. The largest absolute Gasteiger partial charge is 0.496 e. The normalized spacial score (nSPS) is 10.3. The van der Waals surface area contributed by atoms with Gasteiger partial charge in [-0.3, -0.25) is 4.79 Å². The number of unbranched alkanes of at least 4 members (excludes halogenated alkanes) is 4. The number of hydrogen-bond donors (Lipinski definition) is 1. The molecule has 0 atom stereocenters. The first kappa shape index (κ1) is 16.5. The molecule has 0 bridgehead atoms. The molecule has 1 N–H and O–H groups in total. The van der Waals surface area contributed by atoms with Crippen molar-refractivity contribution in [1.82, 2.24) is 5.32 Å². The quantitative estimate of drug-likeness (QED) is 0.662. The Balaban J connectivity index is 2.03. The predicted molar refractivity (Wildman–Crippen MR) is 83.1 cm³/mol. The second-order valence-corrected chi connectivity index (χ2v) is 5.03. The van der Waals surface area contributed by atoms with Crippen molar-refractivity contribution in [3.63, 3.8) is 0 Å². The van der Waals surface area contributed by atoms with Gasteiger partial charge in [0, 0.05) is 13.0 Å². The van der Waals surface area contributed by atoms with E-state index in [-0.39, 0.29) is 5.91 Å². The van der Waals surface area contributed by atoms with Crippen LogP contribution in [0.1, 0.15) is 51.0 Å². The minimum absolute atomic E-state index is 0.154. The Labute approximate surface area is 122 Å². The van der Waals surface area contributed by atoms with Crippen LogP contribution in [0.4, 0.5) is 0 Å². The lowest BCUT2D eigenvalue weighted by atomic mass is 10.0. The van der Waals surface area contributed by atoms with E-state index < -0.39 is 0 Å². The van der Waals surface area contributed by atoms with Crippen molar-refractivity contribution >= 4 is 5.91 Å². The van der Waals surface area contributed by atoms with E-state index in [1.165, 1.54) is 31.2 Å². The Morgan fingerprint density at radius 1 is 1.10 bits per heavy atom. The van der Waals surface area contributed by atoms with Gasteiger partial charge < -0.3 is 10.1 Å². The van der Waals surface area contributed by atoms with Crippen LogP contribution in [0, 0.1) is 0 Å². The lowest BCUT2D eigenvalue weighted by Crippen LogP contribution is -2.23. The van der Waals surface area contributed by atoms with Crippen LogP contribution >= 0.6 is 0 Å². The third-order valence-corrected chi connectivity index (χ3v) is 3.46. The van der Waals surface area contributed by atoms with Crippen LogP contribution in [-0.2, 0) is 11.2 Å². The summed E-state index contributed by atoms with van der Waals surface area (Å²) in [6.07, 6.45) is 7.60. The van der Waals surface area contributed by atoms with Gasteiger partial charge in [-0.2, -0.15) is 0 Å². The molecule has 1 aromatic carbocycles. The number of amides is 1. The number of hydrogen-bond acceptors (Lipinski definition) is 2. The molecule has 1 amide bonds. The van der Waals surface area contributed by atoms with Gasteiger partial charge in [-0.25, -0.2) is 0 Å². The maximum absolute atomic E-state index is 11.0. The van der Waals surface area contributed by atoms with Crippen molar-refractivity contribution in [3.05, 3.63) is 29.8 Å². The molecule has 3 nitrogen and oxygen atoms in total. The van der Waals surface area contributed by atoms with E-state index in [4.69, 9.17) is 4.74 Å². The molecule has 0 aliphatic carbocycles. The first-order valence-corrected chi connectivity index (χ1v) is 7.66. The number of nitrogens with one attached hydrogen (secondary N) is 1. The smallest absolute Gasteiger partial charge is 0.219 e. The summed E-state index contributed by atoms with van der Waals surface area (Å²) >= 11 is 0. The standard InChI is InChI=1S/C17H27NO2/c1-3-17(19)18-14-10-6-4-5-7-11-15-12-8-9-13-16(15)20-2/h8-9,12-13H,3-7,10-11,14H2,1-2H3,(H,18,19). The van der Waals surface area contributed by atoms with E-state index in [1.54, 1.807) is 7.11 Å². The van der Waals surface area contributed by atoms with Crippen molar-refractivity contribution in [1.29, 1.82) is 0 Å². The number of carbonyl (C=O) groups is 1. The second kappa shape index (κ2) is 10.3. The third-order valence-electron chi connectivity index (χ3n) is 3.46. The van der Waals surface area contributed by atoms with Crippen molar-refractivity contribution in [2.24, 2.45) is 0 Å². The zero-order chi connectivity index (χ0) is 14.6. The van der Waals surface area contributed by atoms with Crippen LogP contribution in [-0.4, -0.2) is 19.6 Å². The predicted octanol–water partition coefficient (Wildman–Crippen LogP) is 3.71. The summed E-state index contributed by atoms with van der Waals surface area (Å²) in [6, 6.07) is 8.23. The summed E-state index contributed by atoms with van der Waals surface area (Å²) in [5, 5.41) is 2.91. The van der Waals surface area contributed by atoms with Gasteiger partial charge in [-0.1, -0.05) is 44.4 Å². The van der Waals surface area contributed by atoms with Crippen LogP contribution in [0.5, 0.6) is 5.75 Å². The number of ether oxygens (including phenoxy) is 1. The van der Waals surface area contributed by atoms with E-state index >= 15 is 0 Å². The molecule has 1 aromatic rings. The van der Waals surface area contributed by atoms with Crippen LogP contribution in [0.25, 0.3) is 0 Å². The highest BCUT2D eigenvalue weighted by atomic mass is 16.5. The molecule has 3 heteroatoms. The summed E-state index contributed by atoms with van der Waals surface area (Å²) in [6.45, 7) is 2.70. The Bertz CT molecular complexity index is 390. The van der Waals surface area contributed by atoms with Gasteiger partial charge in [0.15, 0.2) is 0 Å². The molecule has 0 unspecified atom stereocenters. The third kappa shape index (κ3) is 6.60. The Morgan fingerprint density at radius 3 is 2.55 bits per heavy atom. The number of rotatable bonds is 10. The average molecular weight is 277 g/mol. The zero-order valence-electron chi connectivity index (χ0n) is 12.8. The first-order valence-electron chi connectivity index (χ1n) is 7.66. The highest BCUT2D eigenvalue weighted by Gasteiger charge is 2.01. The van der Waals surface area contributed by atoms with E-state index in [0.717, 1.165) is 25.1 Å². The minimum atomic E-state index is 0.154. The van der Waals surface area contributed by atoms with Crippen molar-refractivity contribution in [3.8, 4) is 5.75 Å². The molecule has 0 saturated heterocycles. The van der Waals surface area contributed by atoms with Crippen molar-refractivity contribution in [2.45, 2.75) is 51.9 Å². The minimum Gasteiger partial charge on any atom is -0.496 e. The van der Waals surface area contributed by atoms with E-state index in [9.17, 15) is 4.79 Å². The van der Waals surface area contributed by atoms with Gasteiger partial charge in [-0.05, 0) is 30.9 Å². The second-order valence-electron chi connectivity index (χ2n) is 5.03. The highest BCUT2D eigenvalue weighted by Crippen LogP contribution is 2.19. The molecule has 112 valence electrons. The Kier molecular flexibility index (Phi) is 8.52. The van der Waals surface area contributed by atoms with Gasteiger partial charge in [-0.15, -0.1) is 0 Å². The summed E-state index contributed by atoms with van der Waals surface area (Å²) in [4.78, 5) is 11.0. The number of aryl methyl sites for hydroxylation is 1. The molecule has 0 aromatic heterocycles. The summed E-state index contributed by atoms with van der Waals surface area (Å²) < 4.78 is 5.35. The van der Waals surface area contributed by atoms with Gasteiger partial charge in [0.25, 0.3) is 0 Å². The number of carbonyl (C=O) groups excluding carboxylic acids is 1. The maximum Gasteiger partial charge on any atom is 0.219 e. The van der Waals surface area contributed by atoms with Crippen molar-refractivity contribution < 1.29 is 9.53 Å².